The van der Waals surface area contributed by atoms with Crippen molar-refractivity contribution in [2.45, 2.75) is 19.3 Å². The van der Waals surface area contributed by atoms with Crippen molar-refractivity contribution in [3.05, 3.63) is 77.2 Å². The van der Waals surface area contributed by atoms with Gasteiger partial charge in [-0.3, -0.25) is 5.41 Å². The lowest BCUT2D eigenvalue weighted by Gasteiger charge is -2.24. The van der Waals surface area contributed by atoms with Crippen LogP contribution in [0.15, 0.2) is 59.4 Å². The van der Waals surface area contributed by atoms with Crippen molar-refractivity contribution in [3.63, 3.8) is 0 Å². The number of nitrogen functional groups attached to an aromatic ring is 1. The van der Waals surface area contributed by atoms with E-state index in [4.69, 9.17) is 15.6 Å². The number of nitrogens with two attached hydrogens (primary N) is 1. The molecule has 3 nitrogen and oxygen atoms in total. The Morgan fingerprint density at radius 3 is 2.43 bits per heavy atom. The summed E-state index contributed by atoms with van der Waals surface area (Å²) in [5, 5.41) is 8.64. The number of hydrogen-bond acceptors (Lipinski definition) is 3. The molecule has 0 amide bonds. The van der Waals surface area contributed by atoms with Crippen LogP contribution in [0.3, 0.4) is 0 Å². The van der Waals surface area contributed by atoms with Crippen LogP contribution in [0.25, 0.3) is 11.1 Å². The van der Waals surface area contributed by atoms with Gasteiger partial charge >= 0.3 is 0 Å². The van der Waals surface area contributed by atoms with Gasteiger partial charge < -0.3 is 10.2 Å². The Kier molecular flexibility index (Phi) is 2.76. The topological polar surface area (TPSA) is 63.0 Å². The number of hydrogen-bond donors (Lipinski definition) is 2. The Morgan fingerprint density at radius 2 is 1.70 bits per heavy atom. The van der Waals surface area contributed by atoms with E-state index in [1.165, 1.54) is 28.5 Å². The SMILES string of the molecule is CC1(C)c2ccccc2-c2cccc(C(=N)c3cocc3N)c21. The predicted molar refractivity (Wildman–Crippen MR) is 93.1 cm³/mol. The monoisotopic (exact) mass is 302 g/mol. The molecule has 0 saturated heterocycles. The molecular weight excluding hydrogens is 284 g/mol. The van der Waals surface area contributed by atoms with Crippen LogP contribution in [0.2, 0.25) is 0 Å². The quantitative estimate of drug-likeness (QED) is 0.680. The molecule has 1 aromatic heterocycles. The third kappa shape index (κ3) is 1.80. The van der Waals surface area contributed by atoms with Gasteiger partial charge in [-0.1, -0.05) is 56.3 Å². The molecule has 4 rings (SSSR count). The molecule has 0 spiro atoms. The highest BCUT2D eigenvalue weighted by atomic mass is 16.3. The van der Waals surface area contributed by atoms with Crippen LogP contribution in [0.4, 0.5) is 5.69 Å². The van der Waals surface area contributed by atoms with Gasteiger partial charge in [0.15, 0.2) is 0 Å². The smallest absolute Gasteiger partial charge is 0.114 e. The third-order valence-corrected chi connectivity index (χ3v) is 4.81. The van der Waals surface area contributed by atoms with Crippen molar-refractivity contribution in [3.8, 4) is 11.1 Å². The standard InChI is InChI=1S/C20H18N2O/c1-20(2)16-9-4-3-6-12(16)13-7-5-8-14(18(13)20)19(22)15-10-23-11-17(15)21/h3-11,22H,21H2,1-2H3. The summed E-state index contributed by atoms with van der Waals surface area (Å²) in [5.74, 6) is 0. The molecule has 3 N–H and O–H groups in total. The molecule has 0 atom stereocenters. The first kappa shape index (κ1) is 13.8. The van der Waals surface area contributed by atoms with E-state index in [1.807, 2.05) is 12.1 Å². The van der Waals surface area contributed by atoms with Crippen LogP contribution in [0.5, 0.6) is 0 Å². The zero-order valence-corrected chi connectivity index (χ0v) is 13.2. The Hall–Kier alpha value is -2.81. The van der Waals surface area contributed by atoms with Gasteiger partial charge in [0.05, 0.1) is 17.0 Å². The Labute approximate surface area is 135 Å². The van der Waals surface area contributed by atoms with E-state index in [-0.39, 0.29) is 5.41 Å². The minimum absolute atomic E-state index is 0.146. The molecular formula is C20H18N2O. The van der Waals surface area contributed by atoms with Gasteiger partial charge in [0.25, 0.3) is 0 Å². The zero-order valence-electron chi connectivity index (χ0n) is 13.2. The van der Waals surface area contributed by atoms with Crippen LogP contribution in [0, 0.1) is 5.41 Å². The minimum atomic E-state index is -0.146. The normalized spacial score (nSPS) is 14.3. The van der Waals surface area contributed by atoms with Gasteiger partial charge in [0, 0.05) is 11.0 Å². The average molecular weight is 302 g/mol. The zero-order chi connectivity index (χ0) is 16.2. The summed E-state index contributed by atoms with van der Waals surface area (Å²) in [6, 6.07) is 14.6. The molecule has 0 fully saturated rings. The number of benzene rings is 2. The molecule has 0 saturated carbocycles. The van der Waals surface area contributed by atoms with Crippen LogP contribution < -0.4 is 5.73 Å². The van der Waals surface area contributed by atoms with Gasteiger partial charge in [-0.05, 0) is 22.3 Å². The van der Waals surface area contributed by atoms with Gasteiger partial charge in [-0.2, -0.15) is 0 Å². The van der Waals surface area contributed by atoms with E-state index in [0.29, 0.717) is 17.0 Å². The lowest BCUT2D eigenvalue weighted by Crippen LogP contribution is -2.19. The van der Waals surface area contributed by atoms with Crippen molar-refractivity contribution in [2.24, 2.45) is 0 Å². The molecule has 0 unspecified atom stereocenters. The fraction of sp³-hybridized carbons (Fsp3) is 0.150. The summed E-state index contributed by atoms with van der Waals surface area (Å²) >= 11 is 0. The lowest BCUT2D eigenvalue weighted by atomic mass is 9.79. The fourth-order valence-electron chi connectivity index (χ4n) is 3.71. The molecule has 3 aromatic rings. The summed E-state index contributed by atoms with van der Waals surface area (Å²) in [6.07, 6.45) is 3.03. The minimum Gasteiger partial charge on any atom is -0.470 e. The van der Waals surface area contributed by atoms with Crippen molar-refractivity contribution in [1.82, 2.24) is 0 Å². The summed E-state index contributed by atoms with van der Waals surface area (Å²) in [4.78, 5) is 0. The summed E-state index contributed by atoms with van der Waals surface area (Å²) in [7, 11) is 0. The maximum atomic E-state index is 8.64. The summed E-state index contributed by atoms with van der Waals surface area (Å²) in [5.41, 5.74) is 13.2. The fourth-order valence-corrected chi connectivity index (χ4v) is 3.71. The highest BCUT2D eigenvalue weighted by Crippen LogP contribution is 2.50. The van der Waals surface area contributed by atoms with Crippen molar-refractivity contribution < 1.29 is 4.42 Å². The predicted octanol–water partition coefficient (Wildman–Crippen LogP) is 4.58. The molecule has 114 valence electrons. The molecule has 1 heterocycles. The van der Waals surface area contributed by atoms with E-state index < -0.39 is 0 Å². The molecule has 0 bridgehead atoms. The molecule has 1 aliphatic carbocycles. The summed E-state index contributed by atoms with van der Waals surface area (Å²) < 4.78 is 5.16. The number of rotatable bonds is 2. The first-order chi connectivity index (χ1) is 11.0. The Bertz CT molecular complexity index is 934. The Morgan fingerprint density at radius 1 is 0.957 bits per heavy atom. The first-order valence-electron chi connectivity index (χ1n) is 7.66. The number of fused-ring (bicyclic) bond motifs is 3. The van der Waals surface area contributed by atoms with E-state index in [0.717, 1.165) is 5.56 Å². The van der Waals surface area contributed by atoms with E-state index in [2.05, 4.69) is 44.2 Å². The second-order valence-electron chi connectivity index (χ2n) is 6.51. The van der Waals surface area contributed by atoms with E-state index in [9.17, 15) is 0 Å². The molecule has 0 aliphatic heterocycles. The van der Waals surface area contributed by atoms with Gasteiger partial charge in [0.2, 0.25) is 0 Å². The van der Waals surface area contributed by atoms with Crippen molar-refractivity contribution in [2.75, 3.05) is 5.73 Å². The molecule has 0 radical (unpaired) electrons. The van der Waals surface area contributed by atoms with Crippen LogP contribution >= 0.6 is 0 Å². The lowest BCUT2D eigenvalue weighted by molar-refractivity contribution is 0.568. The van der Waals surface area contributed by atoms with E-state index >= 15 is 0 Å². The van der Waals surface area contributed by atoms with Crippen molar-refractivity contribution >= 4 is 11.4 Å². The average Bonchev–Trinajstić information content (AvgIpc) is 3.08. The Balaban J connectivity index is 1.98. The number of nitrogens with one attached hydrogen (secondary N) is 1. The number of furan rings is 1. The third-order valence-electron chi connectivity index (χ3n) is 4.81. The van der Waals surface area contributed by atoms with Gasteiger partial charge in [-0.25, -0.2) is 0 Å². The van der Waals surface area contributed by atoms with Crippen LogP contribution in [-0.2, 0) is 5.41 Å². The maximum Gasteiger partial charge on any atom is 0.114 e. The highest BCUT2D eigenvalue weighted by Gasteiger charge is 2.37. The first-order valence-corrected chi connectivity index (χ1v) is 7.66. The summed E-state index contributed by atoms with van der Waals surface area (Å²) in [6.45, 7) is 4.43. The molecule has 2 aromatic carbocycles. The maximum absolute atomic E-state index is 8.64. The molecule has 3 heteroatoms. The molecule has 1 aliphatic rings. The van der Waals surface area contributed by atoms with E-state index in [1.54, 1.807) is 6.26 Å². The largest absolute Gasteiger partial charge is 0.470 e. The van der Waals surface area contributed by atoms with Crippen LogP contribution in [-0.4, -0.2) is 5.71 Å². The second kappa shape index (κ2) is 4.59. The molecule has 23 heavy (non-hydrogen) atoms. The second-order valence-corrected chi connectivity index (χ2v) is 6.51. The highest BCUT2D eigenvalue weighted by molar-refractivity contribution is 6.15. The van der Waals surface area contributed by atoms with Gasteiger partial charge in [-0.15, -0.1) is 0 Å². The van der Waals surface area contributed by atoms with Crippen LogP contribution in [0.1, 0.15) is 36.1 Å². The van der Waals surface area contributed by atoms with Gasteiger partial charge in [0.1, 0.15) is 12.5 Å². The van der Waals surface area contributed by atoms with Crippen molar-refractivity contribution in [1.29, 1.82) is 5.41 Å². The number of anilines is 1.